The number of benzene rings is 3. The highest BCUT2D eigenvalue weighted by atomic mass is 16.6. The molecule has 0 saturated carbocycles. The number of cyclic esters (lactones) is 1. The quantitative estimate of drug-likeness (QED) is 0.477. The van der Waals surface area contributed by atoms with E-state index < -0.39 is 11.6 Å². The van der Waals surface area contributed by atoms with Gasteiger partial charge in [-0.1, -0.05) is 30.3 Å². The molecular weight excluding hydrogens is 380 g/mol. The standard InChI is InChI=1S/C24H16N2O4/c1-15-11-17(7-9-21(15)28-13-25)24(18-8-10-22(29-14-26)16(2)12-18)20-6-4-3-5-19(20)23(27)30-24/h3-12H,1-2H3. The van der Waals surface area contributed by atoms with Gasteiger partial charge in [0, 0.05) is 16.7 Å². The van der Waals surface area contributed by atoms with E-state index in [1.165, 1.54) is 0 Å². The van der Waals surface area contributed by atoms with Crippen molar-refractivity contribution in [2.45, 2.75) is 19.4 Å². The van der Waals surface area contributed by atoms with Crippen LogP contribution in [0.25, 0.3) is 0 Å². The fourth-order valence-electron chi connectivity index (χ4n) is 3.88. The van der Waals surface area contributed by atoms with Gasteiger partial charge in [0.25, 0.3) is 12.5 Å². The van der Waals surface area contributed by atoms with Crippen molar-refractivity contribution in [3.63, 3.8) is 0 Å². The summed E-state index contributed by atoms with van der Waals surface area (Å²) in [6, 6.07) is 17.9. The Hall–Kier alpha value is -4.29. The SMILES string of the molecule is Cc1cc(C2(c3ccc(OC#N)c(C)c3)OC(=O)c3ccccc32)ccc1OC#N. The van der Waals surface area contributed by atoms with Gasteiger partial charge in [-0.2, -0.15) is 0 Å². The van der Waals surface area contributed by atoms with Gasteiger partial charge in [-0.3, -0.25) is 0 Å². The van der Waals surface area contributed by atoms with Crippen LogP contribution in [0.5, 0.6) is 11.5 Å². The molecule has 6 nitrogen and oxygen atoms in total. The predicted molar refractivity (Wildman–Crippen MR) is 107 cm³/mol. The van der Waals surface area contributed by atoms with E-state index in [4.69, 9.17) is 24.7 Å². The Labute approximate surface area is 173 Å². The number of carbonyl (C=O) groups excluding carboxylic acids is 1. The molecule has 1 aliphatic heterocycles. The van der Waals surface area contributed by atoms with Crippen LogP contribution in [-0.2, 0) is 10.3 Å². The number of esters is 1. The number of hydrogen-bond acceptors (Lipinski definition) is 6. The molecule has 1 heterocycles. The summed E-state index contributed by atoms with van der Waals surface area (Å²) in [6.45, 7) is 3.64. The molecule has 0 aromatic heterocycles. The molecule has 0 N–H and O–H groups in total. The molecular formula is C24H16N2O4. The van der Waals surface area contributed by atoms with Gasteiger partial charge in [0.15, 0.2) is 5.60 Å². The molecule has 0 aliphatic carbocycles. The van der Waals surface area contributed by atoms with Crippen LogP contribution in [0.1, 0.15) is 38.2 Å². The van der Waals surface area contributed by atoms with Crippen molar-refractivity contribution in [2.75, 3.05) is 0 Å². The molecule has 0 atom stereocenters. The summed E-state index contributed by atoms with van der Waals surface area (Å²) in [5.74, 6) is 0.446. The minimum Gasteiger partial charge on any atom is -0.441 e. The lowest BCUT2D eigenvalue weighted by molar-refractivity contribution is 0.0251. The number of hydrogen-bond donors (Lipinski definition) is 0. The average molecular weight is 396 g/mol. The smallest absolute Gasteiger partial charge is 0.340 e. The number of rotatable bonds is 4. The number of fused-ring (bicyclic) bond motifs is 1. The van der Waals surface area contributed by atoms with Crippen LogP contribution in [0, 0.1) is 36.9 Å². The van der Waals surface area contributed by atoms with Crippen LogP contribution >= 0.6 is 0 Å². The normalized spacial score (nSPS) is 13.5. The summed E-state index contributed by atoms with van der Waals surface area (Å²) in [5, 5.41) is 17.7. The molecule has 0 spiro atoms. The summed E-state index contributed by atoms with van der Waals surface area (Å²) < 4.78 is 16.0. The third-order valence-corrected chi connectivity index (χ3v) is 5.25. The second-order valence-corrected chi connectivity index (χ2v) is 6.96. The van der Waals surface area contributed by atoms with Crippen LogP contribution in [0.2, 0.25) is 0 Å². The topological polar surface area (TPSA) is 92.3 Å². The third-order valence-electron chi connectivity index (χ3n) is 5.25. The Morgan fingerprint density at radius 3 is 1.87 bits per heavy atom. The van der Waals surface area contributed by atoms with Crippen LogP contribution in [0.4, 0.5) is 0 Å². The highest BCUT2D eigenvalue weighted by Crippen LogP contribution is 2.48. The molecule has 1 aliphatic rings. The molecule has 6 heteroatoms. The summed E-state index contributed by atoms with van der Waals surface area (Å²) in [5.41, 5.74) is 2.93. The lowest BCUT2D eigenvalue weighted by Crippen LogP contribution is -2.29. The first-order chi connectivity index (χ1) is 14.5. The van der Waals surface area contributed by atoms with Crippen LogP contribution in [0.15, 0.2) is 60.7 Å². The molecule has 0 unspecified atom stereocenters. The second-order valence-electron chi connectivity index (χ2n) is 6.96. The van der Waals surface area contributed by atoms with Crippen molar-refractivity contribution < 1.29 is 19.0 Å². The number of ether oxygens (including phenoxy) is 3. The van der Waals surface area contributed by atoms with E-state index in [1.807, 2.05) is 38.1 Å². The number of nitrogens with zero attached hydrogens (tertiary/aromatic N) is 2. The lowest BCUT2D eigenvalue weighted by Gasteiger charge is -2.31. The van der Waals surface area contributed by atoms with Crippen LogP contribution in [-0.4, -0.2) is 5.97 Å². The zero-order chi connectivity index (χ0) is 21.3. The summed E-state index contributed by atoms with van der Waals surface area (Å²) in [7, 11) is 0. The van der Waals surface area contributed by atoms with Crippen molar-refractivity contribution >= 4 is 5.97 Å². The first-order valence-electron chi connectivity index (χ1n) is 9.18. The third kappa shape index (κ3) is 2.83. The van der Waals surface area contributed by atoms with E-state index in [1.54, 1.807) is 48.9 Å². The maximum absolute atomic E-state index is 12.8. The first-order valence-corrected chi connectivity index (χ1v) is 9.18. The van der Waals surface area contributed by atoms with Gasteiger partial charge in [0.2, 0.25) is 0 Å². The van der Waals surface area contributed by atoms with Gasteiger partial charge in [-0.25, -0.2) is 4.79 Å². The van der Waals surface area contributed by atoms with Gasteiger partial charge >= 0.3 is 5.97 Å². The Morgan fingerprint density at radius 1 is 0.833 bits per heavy atom. The average Bonchev–Trinajstić information content (AvgIpc) is 3.05. The summed E-state index contributed by atoms with van der Waals surface area (Å²) >= 11 is 0. The molecule has 146 valence electrons. The largest absolute Gasteiger partial charge is 0.441 e. The van der Waals surface area contributed by atoms with Gasteiger partial charge in [0.05, 0.1) is 5.56 Å². The second kappa shape index (κ2) is 7.27. The molecule has 4 rings (SSSR count). The minimum absolute atomic E-state index is 0.421. The molecule has 30 heavy (non-hydrogen) atoms. The maximum Gasteiger partial charge on any atom is 0.340 e. The highest BCUT2D eigenvalue weighted by Gasteiger charge is 2.48. The van der Waals surface area contributed by atoms with Crippen molar-refractivity contribution in [3.05, 3.63) is 94.0 Å². The first kappa shape index (κ1) is 19.0. The molecule has 0 fully saturated rings. The minimum atomic E-state index is -1.18. The van der Waals surface area contributed by atoms with E-state index in [9.17, 15) is 4.79 Å². The Morgan fingerprint density at radius 2 is 1.37 bits per heavy atom. The Kier molecular flexibility index (Phi) is 4.62. The Bertz CT molecular complexity index is 1190. The van der Waals surface area contributed by atoms with Gasteiger partial charge in [-0.15, -0.1) is 10.5 Å². The fourth-order valence-corrected chi connectivity index (χ4v) is 3.88. The number of carbonyl (C=O) groups is 1. The van der Waals surface area contributed by atoms with E-state index in [0.29, 0.717) is 17.1 Å². The Balaban J connectivity index is 1.98. The summed E-state index contributed by atoms with van der Waals surface area (Å²) in [6.07, 6.45) is 3.36. The van der Waals surface area contributed by atoms with E-state index in [2.05, 4.69) is 0 Å². The summed E-state index contributed by atoms with van der Waals surface area (Å²) in [4.78, 5) is 12.8. The maximum atomic E-state index is 12.8. The van der Waals surface area contributed by atoms with Gasteiger partial charge in [0.1, 0.15) is 11.5 Å². The highest BCUT2D eigenvalue weighted by molar-refractivity contribution is 5.96. The lowest BCUT2D eigenvalue weighted by atomic mass is 9.79. The van der Waals surface area contributed by atoms with Gasteiger partial charge < -0.3 is 14.2 Å². The van der Waals surface area contributed by atoms with E-state index >= 15 is 0 Å². The van der Waals surface area contributed by atoms with E-state index in [0.717, 1.165) is 27.8 Å². The zero-order valence-corrected chi connectivity index (χ0v) is 16.3. The van der Waals surface area contributed by atoms with Gasteiger partial charge in [-0.05, 0) is 55.3 Å². The van der Waals surface area contributed by atoms with Crippen molar-refractivity contribution in [1.82, 2.24) is 0 Å². The van der Waals surface area contributed by atoms with Crippen LogP contribution < -0.4 is 9.47 Å². The molecule has 0 amide bonds. The fraction of sp³-hybridized carbons (Fsp3) is 0.125. The molecule has 0 radical (unpaired) electrons. The number of aryl methyl sites for hydroxylation is 2. The van der Waals surface area contributed by atoms with Crippen LogP contribution in [0.3, 0.4) is 0 Å². The molecule has 3 aromatic carbocycles. The van der Waals surface area contributed by atoms with E-state index in [-0.39, 0.29) is 0 Å². The number of nitriles is 2. The molecule has 3 aromatic rings. The zero-order valence-electron chi connectivity index (χ0n) is 16.3. The monoisotopic (exact) mass is 396 g/mol. The van der Waals surface area contributed by atoms with Crippen molar-refractivity contribution in [3.8, 4) is 24.0 Å². The molecule has 0 saturated heterocycles. The molecule has 0 bridgehead atoms. The van der Waals surface area contributed by atoms with Crippen molar-refractivity contribution in [2.24, 2.45) is 0 Å². The van der Waals surface area contributed by atoms with Crippen molar-refractivity contribution in [1.29, 1.82) is 10.5 Å². The predicted octanol–water partition coefficient (Wildman–Crippen LogP) is 4.49.